The molecule has 17 nitrogen and oxygen atoms in total. The third-order valence-electron chi connectivity index (χ3n) is 19.0. The van der Waals surface area contributed by atoms with Crippen molar-refractivity contribution in [1.29, 1.82) is 0 Å². The highest BCUT2D eigenvalue weighted by Gasteiger charge is 2.30. The van der Waals surface area contributed by atoms with Crippen molar-refractivity contribution in [1.82, 2.24) is 0 Å². The van der Waals surface area contributed by atoms with Crippen LogP contribution in [-0.4, -0.2) is 96.7 Å². The molecule has 0 aliphatic heterocycles. The van der Waals surface area contributed by atoms with Gasteiger partial charge >= 0.3 is 39.5 Å². The van der Waals surface area contributed by atoms with Crippen LogP contribution in [0.2, 0.25) is 0 Å². The molecule has 0 aliphatic carbocycles. The van der Waals surface area contributed by atoms with Crippen molar-refractivity contribution >= 4 is 39.5 Å². The van der Waals surface area contributed by atoms with Gasteiger partial charge in [0.1, 0.15) is 19.3 Å². The first kappa shape index (κ1) is 96.1. The molecule has 0 fully saturated rings. The van der Waals surface area contributed by atoms with Gasteiger partial charge in [0, 0.05) is 25.7 Å². The van der Waals surface area contributed by atoms with Gasteiger partial charge in [0.05, 0.1) is 26.4 Å². The van der Waals surface area contributed by atoms with Crippen LogP contribution in [0, 0.1) is 23.7 Å². The van der Waals surface area contributed by atoms with Crippen LogP contribution in [0.5, 0.6) is 0 Å². The molecule has 0 rings (SSSR count). The number of rotatable bonds is 76. The highest BCUT2D eigenvalue weighted by Crippen LogP contribution is 2.45. The average molecular weight is 1440 g/mol. The van der Waals surface area contributed by atoms with Crippen LogP contribution in [-0.2, 0) is 65.4 Å². The largest absolute Gasteiger partial charge is 0.472 e. The molecule has 0 radical (unpaired) electrons. The summed E-state index contributed by atoms with van der Waals surface area (Å²) in [6.45, 7) is 14.2. The molecule has 0 aromatic heterocycles. The number of phosphoric ester groups is 2. The average Bonchev–Trinajstić information content (AvgIpc) is 1.09. The van der Waals surface area contributed by atoms with E-state index >= 15 is 0 Å². The van der Waals surface area contributed by atoms with Crippen LogP contribution in [0.25, 0.3) is 0 Å². The Bertz CT molecular complexity index is 1920. The SMILES string of the molecule is CCC(C)CCCCCCCCCCCCC(=O)O[C@H](COC(=O)CCCCCCCCCCCCCCCCCCCCC(C)C)COP(=O)(O)OCC(O)COP(=O)(O)OC[C@@H](COC(=O)CCCCCCCCCCC(C)C)OC(=O)CCCCCCCCCCC(C)CC. The molecular weight excluding hydrogens is 1280 g/mol. The molecule has 0 amide bonds. The zero-order chi connectivity index (χ0) is 72.4. The van der Waals surface area contributed by atoms with Crippen LogP contribution in [0.15, 0.2) is 0 Å². The first-order valence-corrected chi connectivity index (χ1v) is 43.8. The van der Waals surface area contributed by atoms with Crippen LogP contribution in [0.1, 0.15) is 402 Å². The van der Waals surface area contributed by atoms with E-state index in [-0.39, 0.29) is 25.7 Å². The Hall–Kier alpha value is -1.94. The van der Waals surface area contributed by atoms with E-state index in [1.165, 1.54) is 205 Å². The van der Waals surface area contributed by atoms with Crippen LogP contribution in [0.3, 0.4) is 0 Å². The third kappa shape index (κ3) is 69.8. The molecule has 582 valence electrons. The Morgan fingerprint density at radius 2 is 0.490 bits per heavy atom. The van der Waals surface area contributed by atoms with Gasteiger partial charge in [-0.15, -0.1) is 0 Å². The minimum absolute atomic E-state index is 0.104. The molecule has 0 spiro atoms. The quantitative estimate of drug-likeness (QED) is 0.0222. The summed E-state index contributed by atoms with van der Waals surface area (Å²) in [4.78, 5) is 72.9. The maximum Gasteiger partial charge on any atom is 0.472 e. The van der Waals surface area contributed by atoms with Gasteiger partial charge in [-0.1, -0.05) is 351 Å². The highest BCUT2D eigenvalue weighted by molar-refractivity contribution is 7.47. The van der Waals surface area contributed by atoms with Gasteiger partial charge in [-0.05, 0) is 49.4 Å². The van der Waals surface area contributed by atoms with E-state index in [1.807, 2.05) is 0 Å². The number of hydrogen-bond donors (Lipinski definition) is 3. The monoisotopic (exact) mass is 1440 g/mol. The molecule has 3 N–H and O–H groups in total. The molecule has 0 saturated heterocycles. The molecule has 0 heterocycles. The van der Waals surface area contributed by atoms with E-state index in [1.54, 1.807) is 0 Å². The lowest BCUT2D eigenvalue weighted by atomic mass is 9.99. The molecule has 0 aliphatic rings. The normalized spacial score (nSPS) is 14.6. The number of carbonyl (C=O) groups excluding carboxylic acids is 4. The van der Waals surface area contributed by atoms with Crippen molar-refractivity contribution in [3.05, 3.63) is 0 Å². The molecule has 98 heavy (non-hydrogen) atoms. The van der Waals surface area contributed by atoms with E-state index < -0.39 is 97.5 Å². The van der Waals surface area contributed by atoms with E-state index in [9.17, 15) is 43.2 Å². The molecule has 0 saturated carbocycles. The zero-order valence-corrected chi connectivity index (χ0v) is 66.2. The van der Waals surface area contributed by atoms with Gasteiger partial charge < -0.3 is 33.8 Å². The summed E-state index contributed by atoms with van der Waals surface area (Å²) in [5.41, 5.74) is 0. The van der Waals surface area contributed by atoms with Gasteiger partial charge in [0.15, 0.2) is 12.2 Å². The summed E-state index contributed by atoms with van der Waals surface area (Å²) in [5.74, 6) is 1.00. The summed E-state index contributed by atoms with van der Waals surface area (Å²) in [5, 5.41) is 10.6. The fourth-order valence-corrected chi connectivity index (χ4v) is 13.6. The Morgan fingerprint density at radius 1 is 0.286 bits per heavy atom. The summed E-state index contributed by atoms with van der Waals surface area (Å²) >= 11 is 0. The van der Waals surface area contributed by atoms with Crippen molar-refractivity contribution in [3.63, 3.8) is 0 Å². The Kier molecular flexibility index (Phi) is 66.8. The highest BCUT2D eigenvalue weighted by atomic mass is 31.2. The second kappa shape index (κ2) is 68.2. The Labute approximate surface area is 600 Å². The van der Waals surface area contributed by atoms with E-state index in [2.05, 4.69) is 55.4 Å². The first-order valence-electron chi connectivity index (χ1n) is 40.8. The topological polar surface area (TPSA) is 237 Å². The maximum atomic E-state index is 13.1. The van der Waals surface area contributed by atoms with Crippen LogP contribution < -0.4 is 0 Å². The number of ether oxygens (including phenoxy) is 4. The van der Waals surface area contributed by atoms with E-state index in [0.29, 0.717) is 25.7 Å². The number of phosphoric acid groups is 2. The second-order valence-electron chi connectivity index (χ2n) is 29.9. The smallest absolute Gasteiger partial charge is 0.462 e. The number of aliphatic hydroxyl groups excluding tert-OH is 1. The van der Waals surface area contributed by atoms with Gasteiger partial charge in [0.2, 0.25) is 0 Å². The molecule has 0 aromatic carbocycles. The number of carbonyl (C=O) groups is 4. The Morgan fingerprint density at radius 3 is 0.724 bits per heavy atom. The molecule has 0 bridgehead atoms. The van der Waals surface area contributed by atoms with Crippen molar-refractivity contribution < 1.29 is 80.2 Å². The first-order chi connectivity index (χ1) is 47.2. The maximum absolute atomic E-state index is 13.1. The standard InChI is InChI=1S/C79H154O17P2/c1-9-71(7)57-49-41-33-24-21-22-26-37-45-53-61-78(83)95-74(65-89-76(81)59-51-43-35-25-20-18-16-14-12-11-13-15-17-19-23-31-39-47-55-69(3)4)67-93-97(85,86)91-63-73(80)64-92-98(87,88)94-68-75(66-90-77(82)60-52-44-36-29-27-32-40-48-56-70(5)6)96-79(84)62-54-46-38-30-28-34-42-50-58-72(8)10-2/h69-75,80H,9-68H2,1-8H3,(H,85,86)(H,87,88)/t71?,72?,73?,74-,75-/m1/s1. The molecule has 19 heteroatoms. The Balaban J connectivity index is 5.21. The zero-order valence-electron chi connectivity index (χ0n) is 64.4. The van der Waals surface area contributed by atoms with Crippen molar-refractivity contribution in [2.45, 2.75) is 420 Å². The van der Waals surface area contributed by atoms with E-state index in [0.717, 1.165) is 114 Å². The minimum Gasteiger partial charge on any atom is -0.462 e. The fourth-order valence-electron chi connectivity index (χ4n) is 12.0. The van der Waals surface area contributed by atoms with Crippen molar-refractivity contribution in [3.8, 4) is 0 Å². The van der Waals surface area contributed by atoms with Gasteiger partial charge in [-0.2, -0.15) is 0 Å². The summed E-state index contributed by atoms with van der Waals surface area (Å²) in [6.07, 6.45) is 54.1. The molecule has 7 atom stereocenters. The minimum atomic E-state index is -4.96. The molecular formula is C79H154O17P2. The number of esters is 4. The summed E-state index contributed by atoms with van der Waals surface area (Å²) < 4.78 is 68.6. The summed E-state index contributed by atoms with van der Waals surface area (Å²) in [6, 6.07) is 0. The summed E-state index contributed by atoms with van der Waals surface area (Å²) in [7, 11) is -9.92. The van der Waals surface area contributed by atoms with Gasteiger partial charge in [-0.3, -0.25) is 37.3 Å². The number of aliphatic hydroxyl groups is 1. The van der Waals surface area contributed by atoms with E-state index in [4.69, 9.17) is 37.0 Å². The van der Waals surface area contributed by atoms with Gasteiger partial charge in [-0.25, -0.2) is 9.13 Å². The lowest BCUT2D eigenvalue weighted by Gasteiger charge is -2.21. The molecule has 0 aromatic rings. The number of unbranched alkanes of at least 4 members (excludes halogenated alkanes) is 40. The lowest BCUT2D eigenvalue weighted by molar-refractivity contribution is -0.161. The fraction of sp³-hybridized carbons (Fsp3) is 0.949. The van der Waals surface area contributed by atoms with Crippen molar-refractivity contribution in [2.24, 2.45) is 23.7 Å². The predicted molar refractivity (Wildman–Crippen MR) is 400 cm³/mol. The van der Waals surface area contributed by atoms with Crippen LogP contribution in [0.4, 0.5) is 0 Å². The predicted octanol–water partition coefficient (Wildman–Crippen LogP) is 23.2. The lowest BCUT2D eigenvalue weighted by Crippen LogP contribution is -2.30. The second-order valence-corrected chi connectivity index (χ2v) is 32.8. The number of hydrogen-bond acceptors (Lipinski definition) is 15. The van der Waals surface area contributed by atoms with Crippen molar-refractivity contribution in [2.75, 3.05) is 39.6 Å². The molecule has 5 unspecified atom stereocenters. The van der Waals surface area contributed by atoms with Gasteiger partial charge in [0.25, 0.3) is 0 Å². The third-order valence-corrected chi connectivity index (χ3v) is 20.9. The van der Waals surface area contributed by atoms with Crippen LogP contribution >= 0.6 is 15.6 Å².